The van der Waals surface area contributed by atoms with Crippen molar-refractivity contribution in [3.63, 3.8) is 0 Å². The zero-order valence-corrected chi connectivity index (χ0v) is 8.77. The lowest BCUT2D eigenvalue weighted by Crippen LogP contribution is -2.24. The molecule has 0 bridgehead atoms. The highest BCUT2D eigenvalue weighted by Crippen LogP contribution is 2.10. The second kappa shape index (κ2) is 7.20. The lowest BCUT2D eigenvalue weighted by Gasteiger charge is -2.17. The van der Waals surface area contributed by atoms with Gasteiger partial charge in [-0.3, -0.25) is 0 Å². The summed E-state index contributed by atoms with van der Waals surface area (Å²) in [6, 6.07) is 0.648. The summed E-state index contributed by atoms with van der Waals surface area (Å²) in [4.78, 5) is 0. The molecule has 0 radical (unpaired) electrons. The smallest absolute Gasteiger partial charge is 0.0255 e. The molecule has 0 aromatic carbocycles. The fourth-order valence-electron chi connectivity index (χ4n) is 1.36. The molecule has 1 heteroatoms. The number of nitrogens with one attached hydrogen (secondary N) is 1. The Morgan fingerprint density at radius 2 is 1.92 bits per heavy atom. The van der Waals surface area contributed by atoms with E-state index in [9.17, 15) is 0 Å². The largest absolute Gasteiger partial charge is 0.389 e. The Hall–Kier alpha value is -0.460. The molecule has 0 saturated carbocycles. The Kier molecular flexibility index (Phi) is 6.93. The zero-order valence-electron chi connectivity index (χ0n) is 8.77. The molecule has 1 nitrogen and oxygen atoms in total. The van der Waals surface area contributed by atoms with Crippen LogP contribution in [0.2, 0.25) is 0 Å². The lowest BCUT2D eigenvalue weighted by atomic mass is 10.0. The monoisotopic (exact) mass is 169 g/mol. The fourth-order valence-corrected chi connectivity index (χ4v) is 1.36. The van der Waals surface area contributed by atoms with Gasteiger partial charge in [-0.2, -0.15) is 0 Å². The van der Waals surface area contributed by atoms with E-state index in [4.69, 9.17) is 0 Å². The van der Waals surface area contributed by atoms with Crippen molar-refractivity contribution in [1.82, 2.24) is 5.32 Å². The van der Waals surface area contributed by atoms with Crippen LogP contribution in [0.25, 0.3) is 0 Å². The molecule has 72 valence electrons. The van der Waals surface area contributed by atoms with Crippen molar-refractivity contribution >= 4 is 0 Å². The van der Waals surface area contributed by atoms with Crippen LogP contribution in [-0.2, 0) is 0 Å². The van der Waals surface area contributed by atoms with Gasteiger partial charge in [0, 0.05) is 6.04 Å². The van der Waals surface area contributed by atoms with Gasteiger partial charge in [0.05, 0.1) is 0 Å². The van der Waals surface area contributed by atoms with Gasteiger partial charge in [-0.1, -0.05) is 33.8 Å². The number of rotatable bonds is 7. The Morgan fingerprint density at radius 1 is 1.25 bits per heavy atom. The predicted octanol–water partition coefficient (Wildman–Crippen LogP) is 3.32. The maximum absolute atomic E-state index is 3.70. The van der Waals surface area contributed by atoms with Crippen molar-refractivity contribution in [2.75, 3.05) is 0 Å². The molecule has 0 heterocycles. The van der Waals surface area contributed by atoms with Crippen molar-refractivity contribution in [3.05, 3.63) is 12.8 Å². The van der Waals surface area contributed by atoms with Gasteiger partial charge in [-0.25, -0.2) is 0 Å². The average molecular weight is 169 g/mol. The van der Waals surface area contributed by atoms with Crippen molar-refractivity contribution in [2.24, 2.45) is 5.92 Å². The van der Waals surface area contributed by atoms with Gasteiger partial charge in [0.1, 0.15) is 0 Å². The maximum atomic E-state index is 3.70. The summed E-state index contributed by atoms with van der Waals surface area (Å²) < 4.78 is 0. The third-order valence-electron chi connectivity index (χ3n) is 2.08. The quantitative estimate of drug-likeness (QED) is 0.616. The molecule has 0 spiro atoms. The summed E-state index contributed by atoms with van der Waals surface area (Å²) in [6.07, 6.45) is 6.92. The van der Waals surface area contributed by atoms with Crippen LogP contribution >= 0.6 is 0 Å². The lowest BCUT2D eigenvalue weighted by molar-refractivity contribution is 0.440. The van der Waals surface area contributed by atoms with Crippen molar-refractivity contribution in [3.8, 4) is 0 Å². The number of hydrogen-bond donors (Lipinski definition) is 1. The van der Waals surface area contributed by atoms with Crippen LogP contribution in [0.1, 0.15) is 46.5 Å². The van der Waals surface area contributed by atoms with Gasteiger partial charge in [0.25, 0.3) is 0 Å². The molecule has 0 rings (SSSR count). The van der Waals surface area contributed by atoms with E-state index >= 15 is 0 Å². The van der Waals surface area contributed by atoms with Crippen LogP contribution in [0.4, 0.5) is 0 Å². The van der Waals surface area contributed by atoms with E-state index in [1.165, 1.54) is 25.7 Å². The molecule has 1 atom stereocenters. The fraction of sp³-hybridized carbons (Fsp3) is 0.818. The van der Waals surface area contributed by atoms with E-state index < -0.39 is 0 Å². The summed E-state index contributed by atoms with van der Waals surface area (Å²) in [6.45, 7) is 10.5. The van der Waals surface area contributed by atoms with Crippen LogP contribution in [-0.4, -0.2) is 6.04 Å². The molecule has 0 amide bonds. The summed E-state index contributed by atoms with van der Waals surface area (Å²) in [7, 11) is 0. The van der Waals surface area contributed by atoms with E-state index in [1.54, 1.807) is 0 Å². The highest BCUT2D eigenvalue weighted by Gasteiger charge is 2.05. The molecule has 0 aliphatic heterocycles. The summed E-state index contributed by atoms with van der Waals surface area (Å²) in [5.74, 6) is 0.816. The Bertz CT molecular complexity index is 108. The average Bonchev–Trinajstić information content (AvgIpc) is 2.01. The van der Waals surface area contributed by atoms with E-state index in [1.807, 2.05) is 6.20 Å². The highest BCUT2D eigenvalue weighted by atomic mass is 14.9. The minimum Gasteiger partial charge on any atom is -0.389 e. The summed E-state index contributed by atoms with van der Waals surface area (Å²) in [5, 5.41) is 3.30. The molecule has 0 aliphatic carbocycles. The molecule has 0 saturated heterocycles. The molecule has 1 N–H and O–H groups in total. The molecule has 0 fully saturated rings. The Balaban J connectivity index is 3.54. The Labute approximate surface area is 77.2 Å². The van der Waals surface area contributed by atoms with E-state index in [2.05, 4.69) is 32.7 Å². The first kappa shape index (κ1) is 11.5. The van der Waals surface area contributed by atoms with Crippen molar-refractivity contribution in [1.29, 1.82) is 0 Å². The molecule has 1 unspecified atom stereocenters. The van der Waals surface area contributed by atoms with E-state index in [-0.39, 0.29) is 0 Å². The Morgan fingerprint density at radius 3 is 2.33 bits per heavy atom. The van der Waals surface area contributed by atoms with Gasteiger partial charge in [0.15, 0.2) is 0 Å². The second-order valence-corrected chi connectivity index (χ2v) is 3.83. The third kappa shape index (κ3) is 6.26. The van der Waals surface area contributed by atoms with Crippen LogP contribution in [0.5, 0.6) is 0 Å². The van der Waals surface area contributed by atoms with E-state index in [0.29, 0.717) is 6.04 Å². The first-order valence-electron chi connectivity index (χ1n) is 5.07. The van der Waals surface area contributed by atoms with Crippen LogP contribution < -0.4 is 5.32 Å². The molecule has 0 aromatic heterocycles. The minimum absolute atomic E-state index is 0.648. The van der Waals surface area contributed by atoms with Crippen molar-refractivity contribution in [2.45, 2.75) is 52.5 Å². The molecule has 0 aromatic rings. The first-order chi connectivity index (χ1) is 5.70. The maximum Gasteiger partial charge on any atom is 0.0255 e. The third-order valence-corrected chi connectivity index (χ3v) is 2.08. The van der Waals surface area contributed by atoms with Crippen LogP contribution in [0, 0.1) is 5.92 Å². The van der Waals surface area contributed by atoms with Gasteiger partial charge < -0.3 is 5.32 Å². The standard InChI is InChI=1S/C11H23N/c1-5-7-11(12-6-2)9-8-10(3)4/h6,10-12H,2,5,7-9H2,1,3-4H3. The molecule has 0 aliphatic rings. The summed E-state index contributed by atoms with van der Waals surface area (Å²) >= 11 is 0. The van der Waals surface area contributed by atoms with Gasteiger partial charge in [-0.05, 0) is 31.4 Å². The molecular formula is C11H23N. The second-order valence-electron chi connectivity index (χ2n) is 3.83. The van der Waals surface area contributed by atoms with E-state index in [0.717, 1.165) is 5.92 Å². The van der Waals surface area contributed by atoms with Gasteiger partial charge in [0.2, 0.25) is 0 Å². The van der Waals surface area contributed by atoms with Gasteiger partial charge in [-0.15, -0.1) is 0 Å². The van der Waals surface area contributed by atoms with Crippen molar-refractivity contribution < 1.29 is 0 Å². The number of hydrogen-bond acceptors (Lipinski definition) is 1. The molecule has 12 heavy (non-hydrogen) atoms. The van der Waals surface area contributed by atoms with Gasteiger partial charge >= 0.3 is 0 Å². The topological polar surface area (TPSA) is 12.0 Å². The minimum atomic E-state index is 0.648. The van der Waals surface area contributed by atoms with Crippen LogP contribution in [0.15, 0.2) is 12.8 Å². The normalized spacial score (nSPS) is 13.0. The van der Waals surface area contributed by atoms with Crippen LogP contribution in [0.3, 0.4) is 0 Å². The SMILES string of the molecule is C=CNC(CCC)CCC(C)C. The highest BCUT2D eigenvalue weighted by molar-refractivity contribution is 4.74. The predicted molar refractivity (Wildman–Crippen MR) is 56.1 cm³/mol. The summed E-state index contributed by atoms with van der Waals surface area (Å²) in [5.41, 5.74) is 0. The molecular weight excluding hydrogens is 146 g/mol. The first-order valence-corrected chi connectivity index (χ1v) is 5.07. The zero-order chi connectivity index (χ0) is 9.40.